The predicted molar refractivity (Wildman–Crippen MR) is 40.9 cm³/mol. The van der Waals surface area contributed by atoms with Gasteiger partial charge in [-0.3, -0.25) is 4.57 Å². The lowest BCUT2D eigenvalue weighted by atomic mass is 10.5. The van der Waals surface area contributed by atoms with Gasteiger partial charge in [0.15, 0.2) is 5.69 Å². The first-order valence-electron chi connectivity index (χ1n) is 3.13. The summed E-state index contributed by atoms with van der Waals surface area (Å²) in [6.07, 6.45) is 0. The summed E-state index contributed by atoms with van der Waals surface area (Å²) >= 11 is 0. The van der Waals surface area contributed by atoms with Gasteiger partial charge in [0.05, 0.1) is 0 Å². The third-order valence-electron chi connectivity index (χ3n) is 1.61. The summed E-state index contributed by atoms with van der Waals surface area (Å²) in [5.74, 6) is -0.206. The first kappa shape index (κ1) is 8.20. The molecule has 0 aromatic carbocycles. The minimum absolute atomic E-state index is 0.0409. The van der Waals surface area contributed by atoms with E-state index in [0.717, 1.165) is 0 Å². The third kappa shape index (κ3) is 1.01. The van der Waals surface area contributed by atoms with E-state index < -0.39 is 4.92 Å². The van der Waals surface area contributed by atoms with Crippen molar-refractivity contribution >= 4 is 11.8 Å². The van der Waals surface area contributed by atoms with Gasteiger partial charge in [0.25, 0.3) is 0 Å². The molecule has 0 unspecified atom stereocenters. The lowest BCUT2D eigenvalue weighted by molar-refractivity contribution is -0.389. The molecule has 0 saturated carbocycles. The summed E-state index contributed by atoms with van der Waals surface area (Å²) in [6, 6.07) is 0. The van der Waals surface area contributed by atoms with E-state index in [2.05, 4.69) is 9.83 Å². The molecule has 0 atom stereocenters. The Labute approximate surface area is 68.4 Å². The summed E-state index contributed by atoms with van der Waals surface area (Å²) in [6.45, 7) is 8.21. The van der Waals surface area contributed by atoms with Gasteiger partial charge in [0, 0.05) is 7.05 Å². The molecule has 0 radical (unpaired) electrons. The maximum atomic E-state index is 10.3. The molecule has 0 bridgehead atoms. The molecule has 1 heterocycles. The van der Waals surface area contributed by atoms with Gasteiger partial charge in [-0.25, -0.2) is 0 Å². The zero-order valence-corrected chi connectivity index (χ0v) is 6.61. The summed E-state index contributed by atoms with van der Waals surface area (Å²) in [5.41, 5.74) is 0.394. The first-order chi connectivity index (χ1) is 5.57. The van der Waals surface area contributed by atoms with Crippen LogP contribution in [0.2, 0.25) is 0 Å². The number of rotatable bonds is 1. The van der Waals surface area contributed by atoms with Crippen LogP contribution in [-0.2, 0) is 7.05 Å². The fourth-order valence-electron chi connectivity index (χ4n) is 0.824. The molecule has 62 valence electrons. The number of nitro groups is 1. The Morgan fingerprint density at radius 2 is 2.33 bits per heavy atom. The lowest BCUT2D eigenvalue weighted by Crippen LogP contribution is -1.93. The van der Waals surface area contributed by atoms with Crippen LogP contribution in [0.15, 0.2) is 0 Å². The van der Waals surface area contributed by atoms with E-state index >= 15 is 0 Å². The monoisotopic (exact) mass is 166 g/mol. The Hall–Kier alpha value is -1.90. The van der Waals surface area contributed by atoms with E-state index in [0.29, 0.717) is 5.69 Å². The zero-order chi connectivity index (χ0) is 9.30. The molecular weight excluding hydrogens is 160 g/mol. The average molecular weight is 166 g/mol. The average Bonchev–Trinajstić information content (AvgIpc) is 2.30. The smallest absolute Gasteiger partial charge is 0.385 e. The van der Waals surface area contributed by atoms with Crippen molar-refractivity contribution < 1.29 is 4.92 Å². The fraction of sp³-hybridized carbons (Fsp3) is 0.333. The molecule has 0 aliphatic heterocycles. The Morgan fingerprint density at radius 1 is 1.75 bits per heavy atom. The van der Waals surface area contributed by atoms with Crippen molar-refractivity contribution in [3.63, 3.8) is 0 Å². The van der Waals surface area contributed by atoms with Gasteiger partial charge in [0.1, 0.15) is 0 Å². The highest BCUT2D eigenvalue weighted by molar-refractivity contribution is 5.40. The minimum Gasteiger partial charge on any atom is -0.389 e. The molecule has 0 fully saturated rings. The second kappa shape index (κ2) is 2.62. The highest BCUT2D eigenvalue weighted by Gasteiger charge is 2.20. The van der Waals surface area contributed by atoms with Crippen LogP contribution in [-0.4, -0.2) is 14.5 Å². The molecular formula is C6H6N4O2. The van der Waals surface area contributed by atoms with E-state index in [4.69, 9.17) is 6.57 Å². The number of aromatic nitrogens is 2. The van der Waals surface area contributed by atoms with Gasteiger partial charge in [-0.2, -0.15) is 0 Å². The van der Waals surface area contributed by atoms with Crippen LogP contribution in [0.4, 0.5) is 11.8 Å². The molecule has 6 heteroatoms. The predicted octanol–water partition coefficient (Wildman–Crippen LogP) is 1.19. The highest BCUT2D eigenvalue weighted by atomic mass is 16.6. The Balaban J connectivity index is 3.37. The van der Waals surface area contributed by atoms with Crippen LogP contribution in [0, 0.1) is 23.6 Å². The van der Waals surface area contributed by atoms with Crippen LogP contribution >= 0.6 is 0 Å². The van der Waals surface area contributed by atoms with Crippen molar-refractivity contribution in [2.45, 2.75) is 6.92 Å². The van der Waals surface area contributed by atoms with E-state index in [1.807, 2.05) is 0 Å². The Kier molecular flexibility index (Phi) is 1.79. The van der Waals surface area contributed by atoms with Gasteiger partial charge in [-0.1, -0.05) is 0 Å². The first-order valence-corrected chi connectivity index (χ1v) is 3.13. The Bertz CT molecular complexity index is 374. The fourth-order valence-corrected chi connectivity index (χ4v) is 0.824. The standard InChI is InChI=1S/C6H6N4O2/c1-4-5(10(11)12)8-6(7-2)9(4)3/h1,3H3. The minimum atomic E-state index is -0.593. The SMILES string of the molecule is [C-]#[N+]c1nc([N+](=O)[O-])c(C)n1C. The van der Waals surface area contributed by atoms with Crippen molar-refractivity contribution in [2.75, 3.05) is 0 Å². The van der Waals surface area contributed by atoms with E-state index in [9.17, 15) is 10.1 Å². The molecule has 1 aromatic heterocycles. The molecule has 0 amide bonds. The van der Waals surface area contributed by atoms with Crippen molar-refractivity contribution in [3.8, 4) is 0 Å². The van der Waals surface area contributed by atoms with Crippen LogP contribution in [0.25, 0.3) is 4.85 Å². The molecule has 1 rings (SSSR count). The van der Waals surface area contributed by atoms with Crippen molar-refractivity contribution in [2.24, 2.45) is 7.05 Å². The topological polar surface area (TPSA) is 65.3 Å². The molecule has 0 saturated heterocycles. The van der Waals surface area contributed by atoms with Crippen LogP contribution in [0.1, 0.15) is 5.69 Å². The summed E-state index contributed by atoms with van der Waals surface area (Å²) in [7, 11) is 1.57. The molecule has 0 N–H and O–H groups in total. The largest absolute Gasteiger partial charge is 0.389 e. The number of nitrogens with zero attached hydrogens (tertiary/aromatic N) is 4. The second-order valence-electron chi connectivity index (χ2n) is 2.25. The molecule has 0 spiro atoms. The summed E-state index contributed by atoms with van der Waals surface area (Å²) < 4.78 is 1.39. The normalized spacial score (nSPS) is 9.42. The maximum Gasteiger partial charge on any atom is 0.385 e. The zero-order valence-electron chi connectivity index (χ0n) is 6.61. The third-order valence-corrected chi connectivity index (χ3v) is 1.61. The quantitative estimate of drug-likeness (QED) is 0.357. The lowest BCUT2D eigenvalue weighted by Gasteiger charge is -1.91. The second-order valence-corrected chi connectivity index (χ2v) is 2.25. The molecule has 0 aliphatic carbocycles. The molecule has 6 nitrogen and oxygen atoms in total. The summed E-state index contributed by atoms with van der Waals surface area (Å²) in [5, 5.41) is 10.3. The van der Waals surface area contributed by atoms with Crippen LogP contribution in [0.5, 0.6) is 0 Å². The van der Waals surface area contributed by atoms with E-state index in [1.165, 1.54) is 4.57 Å². The van der Waals surface area contributed by atoms with E-state index in [1.54, 1.807) is 14.0 Å². The molecule has 12 heavy (non-hydrogen) atoms. The maximum absolute atomic E-state index is 10.3. The van der Waals surface area contributed by atoms with Crippen molar-refractivity contribution in [3.05, 3.63) is 27.2 Å². The van der Waals surface area contributed by atoms with Crippen LogP contribution in [0.3, 0.4) is 0 Å². The molecule has 1 aromatic rings. The van der Waals surface area contributed by atoms with Gasteiger partial charge < -0.3 is 15.0 Å². The van der Waals surface area contributed by atoms with Gasteiger partial charge in [-0.15, -0.1) is 6.57 Å². The highest BCUT2D eigenvalue weighted by Crippen LogP contribution is 2.21. The van der Waals surface area contributed by atoms with E-state index in [-0.39, 0.29) is 11.8 Å². The molecule has 0 aliphatic rings. The van der Waals surface area contributed by atoms with Gasteiger partial charge in [0.2, 0.25) is 0 Å². The number of hydrogen-bond acceptors (Lipinski definition) is 3. The Morgan fingerprint density at radius 3 is 2.58 bits per heavy atom. The van der Waals surface area contributed by atoms with Crippen LogP contribution < -0.4 is 0 Å². The van der Waals surface area contributed by atoms with Crippen molar-refractivity contribution in [1.29, 1.82) is 0 Å². The summed E-state index contributed by atoms with van der Waals surface area (Å²) in [4.78, 5) is 16.3. The number of imidazole rings is 1. The van der Waals surface area contributed by atoms with Crippen molar-refractivity contribution in [1.82, 2.24) is 9.55 Å². The van der Waals surface area contributed by atoms with Gasteiger partial charge >= 0.3 is 11.8 Å². The number of hydrogen-bond donors (Lipinski definition) is 0. The van der Waals surface area contributed by atoms with Gasteiger partial charge in [-0.05, 0) is 16.8 Å².